The average molecular weight is 412 g/mol. The first-order valence-electron chi connectivity index (χ1n) is 10.6. The van der Waals surface area contributed by atoms with E-state index in [2.05, 4.69) is 46.6 Å². The molecule has 0 amide bonds. The number of carboxylic acid groups (broad SMARTS) is 1. The molecule has 156 valence electrons. The van der Waals surface area contributed by atoms with E-state index in [0.717, 1.165) is 47.0 Å². The van der Waals surface area contributed by atoms with Gasteiger partial charge < -0.3 is 9.84 Å². The number of H-pyrrole nitrogens is 1. The van der Waals surface area contributed by atoms with Gasteiger partial charge in [0.1, 0.15) is 11.9 Å². The van der Waals surface area contributed by atoms with E-state index >= 15 is 0 Å². The van der Waals surface area contributed by atoms with Gasteiger partial charge in [0, 0.05) is 11.8 Å². The minimum Gasteiger partial charge on any atom is -0.485 e. The third-order valence-electron chi connectivity index (χ3n) is 6.12. The van der Waals surface area contributed by atoms with Crippen molar-refractivity contribution in [1.82, 2.24) is 10.2 Å². The predicted molar refractivity (Wildman–Crippen MR) is 119 cm³/mol. The molecule has 2 N–H and O–H groups in total. The molecule has 0 aliphatic heterocycles. The van der Waals surface area contributed by atoms with Crippen LogP contribution in [-0.4, -0.2) is 21.3 Å². The van der Waals surface area contributed by atoms with Crippen molar-refractivity contribution in [2.24, 2.45) is 0 Å². The Morgan fingerprint density at radius 1 is 1.13 bits per heavy atom. The molecule has 0 radical (unpaired) electrons. The van der Waals surface area contributed by atoms with Crippen LogP contribution in [0.2, 0.25) is 0 Å². The Kier molecular flexibility index (Phi) is 5.16. The summed E-state index contributed by atoms with van der Waals surface area (Å²) in [5.41, 5.74) is 5.63. The molecule has 1 aromatic heterocycles. The Morgan fingerprint density at radius 3 is 2.84 bits per heavy atom. The van der Waals surface area contributed by atoms with Gasteiger partial charge in [-0.05, 0) is 59.2 Å². The highest BCUT2D eigenvalue weighted by Gasteiger charge is 2.25. The zero-order valence-corrected chi connectivity index (χ0v) is 17.1. The van der Waals surface area contributed by atoms with E-state index in [0.29, 0.717) is 0 Å². The van der Waals surface area contributed by atoms with Crippen molar-refractivity contribution >= 4 is 16.9 Å². The van der Waals surface area contributed by atoms with Crippen molar-refractivity contribution in [2.75, 3.05) is 0 Å². The minimum atomic E-state index is -0.740. The van der Waals surface area contributed by atoms with E-state index in [1.807, 2.05) is 36.5 Å². The number of hydrogen-bond acceptors (Lipinski definition) is 3. The lowest BCUT2D eigenvalue weighted by Gasteiger charge is -2.21. The first-order valence-corrected chi connectivity index (χ1v) is 10.6. The summed E-state index contributed by atoms with van der Waals surface area (Å²) in [6, 6.07) is 22.7. The molecule has 0 bridgehead atoms. The van der Waals surface area contributed by atoms with Gasteiger partial charge in [-0.3, -0.25) is 9.89 Å². The molecule has 1 aliphatic rings. The number of hydrogen-bond donors (Lipinski definition) is 2. The van der Waals surface area contributed by atoms with Gasteiger partial charge in [-0.15, -0.1) is 0 Å². The number of nitrogens with zero attached hydrogens (tertiary/aromatic N) is 1. The highest BCUT2D eigenvalue weighted by Crippen LogP contribution is 2.38. The van der Waals surface area contributed by atoms with Crippen LogP contribution in [-0.2, 0) is 17.6 Å². The summed E-state index contributed by atoms with van der Waals surface area (Å²) in [4.78, 5) is 11.1. The second kappa shape index (κ2) is 8.26. The van der Waals surface area contributed by atoms with Gasteiger partial charge in [0.2, 0.25) is 0 Å². The van der Waals surface area contributed by atoms with Gasteiger partial charge >= 0.3 is 5.97 Å². The Morgan fingerprint density at radius 2 is 2.00 bits per heavy atom. The second-order valence-electron chi connectivity index (χ2n) is 8.21. The fraction of sp³-hybridized carbons (Fsp3) is 0.231. The normalized spacial score (nSPS) is 16.2. The number of aryl methyl sites for hydroxylation is 1. The third kappa shape index (κ3) is 4.17. The highest BCUT2D eigenvalue weighted by molar-refractivity contribution is 5.78. The van der Waals surface area contributed by atoms with Crippen LogP contribution in [0.3, 0.4) is 0 Å². The van der Waals surface area contributed by atoms with Crippen LogP contribution in [0.25, 0.3) is 10.9 Å². The van der Waals surface area contributed by atoms with Crippen LogP contribution in [0.4, 0.5) is 0 Å². The summed E-state index contributed by atoms with van der Waals surface area (Å²) < 4.78 is 6.52. The van der Waals surface area contributed by atoms with Crippen molar-refractivity contribution in [3.05, 3.63) is 95.2 Å². The molecule has 0 fully saturated rings. The molecule has 0 spiro atoms. The van der Waals surface area contributed by atoms with Crippen LogP contribution in [0.5, 0.6) is 5.75 Å². The standard InChI is InChI=1S/C26H24N2O3/c29-26(30)15-19-7-6-18-13-22(10-11-23(18)19)31-25(12-17-4-2-1-3-5-17)20-8-9-21-16-27-28-24(21)14-20/h1-5,8-11,13-14,16,19,25H,6-7,12,15H2,(H,27,28)(H,29,30). The number of nitrogens with one attached hydrogen (secondary N) is 1. The van der Waals surface area contributed by atoms with Crippen LogP contribution in [0, 0.1) is 0 Å². The van der Waals surface area contributed by atoms with E-state index in [-0.39, 0.29) is 18.4 Å². The lowest BCUT2D eigenvalue weighted by molar-refractivity contribution is -0.137. The monoisotopic (exact) mass is 412 g/mol. The molecule has 2 unspecified atom stereocenters. The quantitative estimate of drug-likeness (QED) is 0.424. The van der Waals surface area contributed by atoms with Crippen molar-refractivity contribution in [2.45, 2.75) is 37.7 Å². The number of fused-ring (bicyclic) bond motifs is 2. The maximum Gasteiger partial charge on any atom is 0.303 e. The lowest BCUT2D eigenvalue weighted by Crippen LogP contribution is -2.11. The number of benzene rings is 3. The maximum atomic E-state index is 11.1. The first kappa shape index (κ1) is 19.4. The number of carbonyl (C=O) groups is 1. The number of aromatic amines is 1. The van der Waals surface area contributed by atoms with Crippen molar-refractivity contribution < 1.29 is 14.6 Å². The molecule has 31 heavy (non-hydrogen) atoms. The predicted octanol–water partition coefficient (Wildman–Crippen LogP) is 5.43. The molecule has 0 saturated heterocycles. The number of aliphatic carboxylic acids is 1. The fourth-order valence-electron chi connectivity index (χ4n) is 4.55. The first-order chi connectivity index (χ1) is 15.2. The summed E-state index contributed by atoms with van der Waals surface area (Å²) in [6.07, 6.45) is 4.39. The summed E-state index contributed by atoms with van der Waals surface area (Å²) >= 11 is 0. The summed E-state index contributed by atoms with van der Waals surface area (Å²) in [5, 5.41) is 17.4. The maximum absolute atomic E-state index is 11.1. The zero-order valence-electron chi connectivity index (χ0n) is 17.1. The van der Waals surface area contributed by atoms with Gasteiger partial charge in [-0.1, -0.05) is 48.5 Å². The third-order valence-corrected chi connectivity index (χ3v) is 6.12. The largest absolute Gasteiger partial charge is 0.485 e. The lowest BCUT2D eigenvalue weighted by atomic mass is 9.97. The number of carboxylic acids is 1. The molecular weight excluding hydrogens is 388 g/mol. The van der Waals surface area contributed by atoms with Crippen LogP contribution >= 0.6 is 0 Å². The topological polar surface area (TPSA) is 75.2 Å². The van der Waals surface area contributed by atoms with E-state index in [9.17, 15) is 4.79 Å². The molecule has 4 aromatic rings. The molecule has 1 aliphatic carbocycles. The summed E-state index contributed by atoms with van der Waals surface area (Å²) in [5.74, 6) is 0.181. The van der Waals surface area contributed by atoms with E-state index < -0.39 is 5.97 Å². The zero-order chi connectivity index (χ0) is 21.2. The van der Waals surface area contributed by atoms with Gasteiger partial charge in [0.25, 0.3) is 0 Å². The fourth-order valence-corrected chi connectivity index (χ4v) is 4.55. The molecule has 5 heteroatoms. The number of aromatic nitrogens is 2. The molecule has 5 nitrogen and oxygen atoms in total. The van der Waals surface area contributed by atoms with Crippen molar-refractivity contribution in [1.29, 1.82) is 0 Å². The van der Waals surface area contributed by atoms with E-state index in [1.54, 1.807) is 0 Å². The molecule has 1 heterocycles. The van der Waals surface area contributed by atoms with Crippen LogP contribution in [0.15, 0.2) is 72.9 Å². The minimum absolute atomic E-state index is 0.101. The van der Waals surface area contributed by atoms with Crippen LogP contribution < -0.4 is 4.74 Å². The molecular formula is C26H24N2O3. The highest BCUT2D eigenvalue weighted by atomic mass is 16.5. The van der Waals surface area contributed by atoms with Crippen LogP contribution in [0.1, 0.15) is 47.1 Å². The van der Waals surface area contributed by atoms with Crippen molar-refractivity contribution in [3.8, 4) is 5.75 Å². The average Bonchev–Trinajstić information content (AvgIpc) is 3.40. The van der Waals surface area contributed by atoms with E-state index in [4.69, 9.17) is 9.84 Å². The number of rotatable bonds is 7. The Balaban J connectivity index is 1.44. The molecule has 0 saturated carbocycles. The number of ether oxygens (including phenoxy) is 1. The Labute approximate surface area is 180 Å². The van der Waals surface area contributed by atoms with E-state index in [1.165, 1.54) is 11.1 Å². The van der Waals surface area contributed by atoms with Gasteiger partial charge in [-0.2, -0.15) is 5.10 Å². The van der Waals surface area contributed by atoms with Crippen molar-refractivity contribution in [3.63, 3.8) is 0 Å². The van der Waals surface area contributed by atoms with Gasteiger partial charge in [0.05, 0.1) is 18.1 Å². The smallest absolute Gasteiger partial charge is 0.303 e. The molecule has 2 atom stereocenters. The summed E-state index contributed by atoms with van der Waals surface area (Å²) in [6.45, 7) is 0. The van der Waals surface area contributed by atoms with Gasteiger partial charge in [-0.25, -0.2) is 0 Å². The Bertz CT molecular complexity index is 1220. The molecule has 3 aromatic carbocycles. The van der Waals surface area contributed by atoms with Gasteiger partial charge in [0.15, 0.2) is 0 Å². The SMILES string of the molecule is O=C(O)CC1CCc2cc(OC(Cc3ccccc3)c3ccc4cn[nH]c4c3)ccc21. The molecule has 5 rings (SSSR count). The Hall–Kier alpha value is -3.60. The second-order valence-corrected chi connectivity index (χ2v) is 8.21. The summed E-state index contributed by atoms with van der Waals surface area (Å²) in [7, 11) is 0.